The van der Waals surface area contributed by atoms with Crippen molar-refractivity contribution in [3.63, 3.8) is 0 Å². The van der Waals surface area contributed by atoms with Crippen LogP contribution in [0, 0.1) is 6.92 Å². The summed E-state index contributed by atoms with van der Waals surface area (Å²) in [5.41, 5.74) is 1.83. The van der Waals surface area contributed by atoms with Crippen molar-refractivity contribution < 1.29 is 0 Å². The summed E-state index contributed by atoms with van der Waals surface area (Å²) >= 11 is 11.9. The summed E-state index contributed by atoms with van der Waals surface area (Å²) in [6.07, 6.45) is 1.63. The maximum Gasteiger partial charge on any atom is 0.0891 e. The molecular formula is C10H7Cl2N. The van der Waals surface area contributed by atoms with Crippen LogP contribution in [0.25, 0.3) is 10.9 Å². The van der Waals surface area contributed by atoms with E-state index >= 15 is 0 Å². The fourth-order valence-corrected chi connectivity index (χ4v) is 1.67. The van der Waals surface area contributed by atoms with Crippen LogP contribution in [0.15, 0.2) is 24.4 Å². The van der Waals surface area contributed by atoms with Crippen molar-refractivity contribution in [1.29, 1.82) is 0 Å². The molecule has 0 saturated carbocycles. The van der Waals surface area contributed by atoms with Crippen LogP contribution in [0.1, 0.15) is 5.56 Å². The standard InChI is InChI=1S/C10H7Cl2N/c1-6-7-3-2-4-8(11)10(7)13-5-9(6)12/h2-5H,1H3. The summed E-state index contributed by atoms with van der Waals surface area (Å²) in [5.74, 6) is 0. The normalized spacial score (nSPS) is 10.7. The van der Waals surface area contributed by atoms with Crippen LogP contribution in [-0.2, 0) is 0 Å². The molecule has 0 aliphatic heterocycles. The second-order valence-corrected chi connectivity index (χ2v) is 3.68. The van der Waals surface area contributed by atoms with E-state index in [4.69, 9.17) is 23.2 Å². The Labute approximate surface area is 86.3 Å². The first kappa shape index (κ1) is 8.79. The molecule has 0 aliphatic carbocycles. The fourth-order valence-electron chi connectivity index (χ4n) is 1.30. The first-order valence-electron chi connectivity index (χ1n) is 3.89. The number of nitrogens with zero attached hydrogens (tertiary/aromatic N) is 1. The Morgan fingerprint density at radius 1 is 1.15 bits per heavy atom. The minimum atomic E-state index is 0.664. The van der Waals surface area contributed by atoms with Crippen molar-refractivity contribution in [2.75, 3.05) is 0 Å². The molecule has 13 heavy (non-hydrogen) atoms. The van der Waals surface area contributed by atoms with Gasteiger partial charge in [0.1, 0.15) is 0 Å². The van der Waals surface area contributed by atoms with Crippen LogP contribution in [0.4, 0.5) is 0 Å². The molecule has 0 N–H and O–H groups in total. The minimum Gasteiger partial charge on any atom is -0.253 e. The number of benzene rings is 1. The van der Waals surface area contributed by atoms with Gasteiger partial charge >= 0.3 is 0 Å². The molecule has 0 spiro atoms. The van der Waals surface area contributed by atoms with Gasteiger partial charge in [0, 0.05) is 11.6 Å². The van der Waals surface area contributed by atoms with Gasteiger partial charge in [-0.15, -0.1) is 0 Å². The third kappa shape index (κ3) is 1.38. The highest BCUT2D eigenvalue weighted by Gasteiger charge is 2.04. The molecule has 0 saturated heterocycles. The highest BCUT2D eigenvalue weighted by atomic mass is 35.5. The molecule has 2 rings (SSSR count). The number of aromatic nitrogens is 1. The zero-order chi connectivity index (χ0) is 9.42. The number of fused-ring (bicyclic) bond motifs is 1. The van der Waals surface area contributed by atoms with Crippen LogP contribution in [0.5, 0.6) is 0 Å². The van der Waals surface area contributed by atoms with E-state index in [1.807, 2.05) is 25.1 Å². The topological polar surface area (TPSA) is 12.9 Å². The molecule has 3 heteroatoms. The van der Waals surface area contributed by atoms with Crippen LogP contribution >= 0.6 is 23.2 Å². The van der Waals surface area contributed by atoms with Gasteiger partial charge in [-0.25, -0.2) is 0 Å². The Kier molecular flexibility index (Phi) is 2.14. The lowest BCUT2D eigenvalue weighted by molar-refractivity contribution is 1.37. The van der Waals surface area contributed by atoms with E-state index in [-0.39, 0.29) is 0 Å². The minimum absolute atomic E-state index is 0.664. The van der Waals surface area contributed by atoms with Crippen molar-refractivity contribution in [2.24, 2.45) is 0 Å². The smallest absolute Gasteiger partial charge is 0.0891 e. The van der Waals surface area contributed by atoms with E-state index in [0.717, 1.165) is 16.5 Å². The molecule has 66 valence electrons. The van der Waals surface area contributed by atoms with Crippen LogP contribution < -0.4 is 0 Å². The number of hydrogen-bond acceptors (Lipinski definition) is 1. The van der Waals surface area contributed by atoms with Crippen molar-refractivity contribution in [1.82, 2.24) is 4.98 Å². The SMILES string of the molecule is Cc1c(Cl)cnc2c(Cl)cccc12. The van der Waals surface area contributed by atoms with Crippen LogP contribution in [-0.4, -0.2) is 4.98 Å². The van der Waals surface area contributed by atoms with E-state index < -0.39 is 0 Å². The zero-order valence-electron chi connectivity index (χ0n) is 7.01. The Hall–Kier alpha value is -0.790. The Morgan fingerprint density at radius 3 is 2.69 bits per heavy atom. The van der Waals surface area contributed by atoms with Gasteiger partial charge < -0.3 is 0 Å². The summed E-state index contributed by atoms with van der Waals surface area (Å²) in [6, 6.07) is 5.69. The van der Waals surface area contributed by atoms with Gasteiger partial charge in [-0.05, 0) is 18.6 Å². The predicted molar refractivity (Wildman–Crippen MR) is 56.5 cm³/mol. The largest absolute Gasteiger partial charge is 0.253 e. The van der Waals surface area contributed by atoms with Crippen molar-refractivity contribution in [2.45, 2.75) is 6.92 Å². The first-order valence-corrected chi connectivity index (χ1v) is 4.65. The lowest BCUT2D eigenvalue weighted by atomic mass is 10.1. The summed E-state index contributed by atoms with van der Waals surface area (Å²) in [5, 5.41) is 2.35. The molecule has 0 amide bonds. The van der Waals surface area contributed by atoms with Crippen LogP contribution in [0.2, 0.25) is 10.0 Å². The number of aryl methyl sites for hydroxylation is 1. The maximum absolute atomic E-state index is 5.98. The van der Waals surface area contributed by atoms with Gasteiger partial charge in [0.2, 0.25) is 0 Å². The van der Waals surface area contributed by atoms with E-state index in [1.165, 1.54) is 0 Å². The summed E-state index contributed by atoms with van der Waals surface area (Å²) < 4.78 is 0. The van der Waals surface area contributed by atoms with Crippen molar-refractivity contribution in [3.05, 3.63) is 40.0 Å². The fraction of sp³-hybridized carbons (Fsp3) is 0.100. The number of hydrogen-bond donors (Lipinski definition) is 0. The van der Waals surface area contributed by atoms with Gasteiger partial charge in [0.15, 0.2) is 0 Å². The summed E-state index contributed by atoms with van der Waals surface area (Å²) in [4.78, 5) is 4.18. The molecule has 2 aromatic rings. The van der Waals surface area contributed by atoms with Gasteiger partial charge in [-0.3, -0.25) is 4.98 Å². The van der Waals surface area contributed by atoms with Gasteiger partial charge in [0.05, 0.1) is 15.6 Å². The lowest BCUT2D eigenvalue weighted by Crippen LogP contribution is -1.84. The molecule has 0 radical (unpaired) electrons. The maximum atomic E-state index is 5.98. The molecule has 1 aromatic carbocycles. The number of halogens is 2. The van der Waals surface area contributed by atoms with E-state index in [1.54, 1.807) is 6.20 Å². The second-order valence-electron chi connectivity index (χ2n) is 2.87. The molecule has 0 fully saturated rings. The van der Waals surface area contributed by atoms with Crippen molar-refractivity contribution in [3.8, 4) is 0 Å². The lowest BCUT2D eigenvalue weighted by Gasteiger charge is -2.03. The summed E-state index contributed by atoms with van der Waals surface area (Å²) in [7, 11) is 0. The molecule has 0 bridgehead atoms. The van der Waals surface area contributed by atoms with E-state index in [2.05, 4.69) is 4.98 Å². The number of para-hydroxylation sites is 1. The van der Waals surface area contributed by atoms with Gasteiger partial charge in [0.25, 0.3) is 0 Å². The molecule has 1 heterocycles. The Balaban J connectivity index is 2.94. The van der Waals surface area contributed by atoms with Crippen molar-refractivity contribution >= 4 is 34.1 Å². The third-order valence-corrected chi connectivity index (χ3v) is 2.74. The first-order chi connectivity index (χ1) is 6.20. The molecule has 1 aromatic heterocycles. The highest BCUT2D eigenvalue weighted by molar-refractivity contribution is 6.36. The highest BCUT2D eigenvalue weighted by Crippen LogP contribution is 2.27. The monoisotopic (exact) mass is 211 g/mol. The predicted octanol–water partition coefficient (Wildman–Crippen LogP) is 3.85. The van der Waals surface area contributed by atoms with Crippen LogP contribution in [0.3, 0.4) is 0 Å². The quantitative estimate of drug-likeness (QED) is 0.646. The molecular weight excluding hydrogens is 205 g/mol. The molecule has 0 unspecified atom stereocenters. The number of pyridine rings is 1. The molecule has 0 atom stereocenters. The average molecular weight is 212 g/mol. The Bertz CT molecular complexity index is 466. The second kappa shape index (κ2) is 3.17. The molecule has 0 aliphatic rings. The zero-order valence-corrected chi connectivity index (χ0v) is 8.52. The third-order valence-electron chi connectivity index (χ3n) is 2.06. The summed E-state index contributed by atoms with van der Waals surface area (Å²) in [6.45, 7) is 1.96. The van der Waals surface area contributed by atoms with E-state index in [0.29, 0.717) is 10.0 Å². The van der Waals surface area contributed by atoms with Gasteiger partial charge in [-0.1, -0.05) is 35.3 Å². The molecule has 1 nitrogen and oxygen atoms in total. The van der Waals surface area contributed by atoms with E-state index in [9.17, 15) is 0 Å². The number of rotatable bonds is 0. The van der Waals surface area contributed by atoms with Gasteiger partial charge in [-0.2, -0.15) is 0 Å². The average Bonchev–Trinajstić information content (AvgIpc) is 2.12. The Morgan fingerprint density at radius 2 is 1.92 bits per heavy atom.